The Morgan fingerprint density at radius 1 is 1.12 bits per heavy atom. The van der Waals surface area contributed by atoms with Crippen LogP contribution in [0, 0.1) is 0 Å². The monoisotopic (exact) mass is 217 g/mol. The molecule has 1 aromatic carbocycles. The molecule has 0 amide bonds. The van der Waals surface area contributed by atoms with Crippen LogP contribution in [0.4, 0.5) is 0 Å². The fourth-order valence-corrected chi connectivity index (χ4v) is 1.43. The van der Waals surface area contributed by atoms with E-state index in [1.54, 1.807) is 6.20 Å². The van der Waals surface area contributed by atoms with E-state index >= 15 is 0 Å². The molecule has 0 atom stereocenters. The number of benzene rings is 1. The first-order valence-corrected chi connectivity index (χ1v) is 5.45. The second kappa shape index (κ2) is 5.42. The van der Waals surface area contributed by atoms with Crippen LogP contribution in [0.2, 0.25) is 0 Å². The van der Waals surface area contributed by atoms with E-state index in [9.17, 15) is 0 Å². The normalized spacial score (nSPS) is 10.6. The maximum absolute atomic E-state index is 5.49. The van der Waals surface area contributed by atoms with Crippen molar-refractivity contribution in [3.8, 4) is 5.88 Å². The molecule has 0 fully saturated rings. The van der Waals surface area contributed by atoms with Crippen molar-refractivity contribution in [2.24, 2.45) is 5.73 Å². The van der Waals surface area contributed by atoms with Crippen molar-refractivity contribution in [2.45, 2.75) is 12.8 Å². The van der Waals surface area contributed by atoms with Crippen LogP contribution in [0.15, 0.2) is 30.5 Å². The van der Waals surface area contributed by atoms with Gasteiger partial charge in [0.25, 0.3) is 0 Å². The lowest BCUT2D eigenvalue weighted by Gasteiger charge is -2.04. The summed E-state index contributed by atoms with van der Waals surface area (Å²) >= 11 is 0. The highest BCUT2D eigenvalue weighted by atomic mass is 16.5. The summed E-state index contributed by atoms with van der Waals surface area (Å²) in [7, 11) is 0. The first-order chi connectivity index (χ1) is 7.90. The SMILES string of the molecule is NCCCCOc1cnc2ccccc2n1. The number of aromatic nitrogens is 2. The molecular formula is C12H15N3O. The van der Waals surface area contributed by atoms with Crippen LogP contribution in [-0.2, 0) is 0 Å². The third-order valence-corrected chi connectivity index (χ3v) is 2.27. The smallest absolute Gasteiger partial charge is 0.232 e. The largest absolute Gasteiger partial charge is 0.477 e. The van der Waals surface area contributed by atoms with E-state index in [4.69, 9.17) is 10.5 Å². The van der Waals surface area contributed by atoms with Gasteiger partial charge in [-0.2, -0.15) is 0 Å². The lowest BCUT2D eigenvalue weighted by molar-refractivity contribution is 0.296. The van der Waals surface area contributed by atoms with Crippen LogP contribution in [0.5, 0.6) is 5.88 Å². The third-order valence-electron chi connectivity index (χ3n) is 2.27. The topological polar surface area (TPSA) is 61.0 Å². The van der Waals surface area contributed by atoms with Gasteiger partial charge in [-0.25, -0.2) is 9.97 Å². The van der Waals surface area contributed by atoms with Crippen molar-refractivity contribution in [1.29, 1.82) is 0 Å². The molecule has 2 aromatic rings. The first-order valence-electron chi connectivity index (χ1n) is 5.45. The molecule has 4 nitrogen and oxygen atoms in total. The number of para-hydroxylation sites is 2. The van der Waals surface area contributed by atoms with Gasteiger partial charge >= 0.3 is 0 Å². The number of unbranched alkanes of at least 4 members (excludes halogenated alkanes) is 1. The van der Waals surface area contributed by atoms with Gasteiger partial charge in [-0.1, -0.05) is 12.1 Å². The quantitative estimate of drug-likeness (QED) is 0.775. The van der Waals surface area contributed by atoms with Gasteiger partial charge in [0.05, 0.1) is 23.8 Å². The number of hydrogen-bond acceptors (Lipinski definition) is 4. The van der Waals surface area contributed by atoms with Crippen LogP contribution in [0.3, 0.4) is 0 Å². The van der Waals surface area contributed by atoms with Gasteiger partial charge in [-0.05, 0) is 31.5 Å². The molecule has 0 radical (unpaired) electrons. The summed E-state index contributed by atoms with van der Waals surface area (Å²) in [6, 6.07) is 7.74. The first kappa shape index (κ1) is 10.8. The highest BCUT2D eigenvalue weighted by molar-refractivity contribution is 5.73. The second-order valence-corrected chi connectivity index (χ2v) is 3.54. The van der Waals surface area contributed by atoms with Crippen LogP contribution < -0.4 is 10.5 Å². The summed E-state index contributed by atoms with van der Waals surface area (Å²) in [6.07, 6.45) is 3.58. The predicted octanol–water partition coefficient (Wildman–Crippen LogP) is 1.75. The zero-order valence-corrected chi connectivity index (χ0v) is 9.10. The van der Waals surface area contributed by atoms with E-state index in [-0.39, 0.29) is 0 Å². The highest BCUT2D eigenvalue weighted by Crippen LogP contribution is 2.12. The molecule has 16 heavy (non-hydrogen) atoms. The fourth-order valence-electron chi connectivity index (χ4n) is 1.43. The molecule has 84 valence electrons. The predicted molar refractivity (Wildman–Crippen MR) is 63.3 cm³/mol. The highest BCUT2D eigenvalue weighted by Gasteiger charge is 1.99. The third kappa shape index (κ3) is 2.67. The lowest BCUT2D eigenvalue weighted by Crippen LogP contribution is -2.04. The average molecular weight is 217 g/mol. The standard InChI is InChI=1S/C12H15N3O/c13-7-3-4-8-16-12-9-14-10-5-1-2-6-11(10)15-12/h1-2,5-6,9H,3-4,7-8,13H2. The molecular weight excluding hydrogens is 202 g/mol. The van der Waals surface area contributed by atoms with Crippen molar-refractivity contribution in [3.05, 3.63) is 30.5 Å². The summed E-state index contributed by atoms with van der Waals surface area (Å²) in [5.74, 6) is 0.579. The molecule has 0 aliphatic carbocycles. The van der Waals surface area contributed by atoms with E-state index < -0.39 is 0 Å². The van der Waals surface area contributed by atoms with E-state index in [1.807, 2.05) is 24.3 Å². The summed E-state index contributed by atoms with van der Waals surface area (Å²) in [5.41, 5.74) is 7.14. The Balaban J connectivity index is 2.02. The number of nitrogens with zero attached hydrogens (tertiary/aromatic N) is 2. The number of ether oxygens (including phenoxy) is 1. The van der Waals surface area contributed by atoms with Crippen LogP contribution in [0.25, 0.3) is 11.0 Å². The summed E-state index contributed by atoms with van der Waals surface area (Å²) < 4.78 is 5.49. The van der Waals surface area contributed by atoms with Crippen LogP contribution >= 0.6 is 0 Å². The van der Waals surface area contributed by atoms with Gasteiger partial charge < -0.3 is 10.5 Å². The maximum Gasteiger partial charge on any atom is 0.232 e. The zero-order chi connectivity index (χ0) is 11.2. The van der Waals surface area contributed by atoms with Crippen molar-refractivity contribution in [2.75, 3.05) is 13.2 Å². The molecule has 0 aliphatic heterocycles. The van der Waals surface area contributed by atoms with E-state index in [1.165, 1.54) is 0 Å². The Bertz CT molecular complexity index is 459. The van der Waals surface area contributed by atoms with Gasteiger partial charge in [0, 0.05) is 0 Å². The maximum atomic E-state index is 5.49. The molecule has 2 N–H and O–H groups in total. The van der Waals surface area contributed by atoms with Gasteiger partial charge in [0.1, 0.15) is 0 Å². The Hall–Kier alpha value is -1.68. The minimum absolute atomic E-state index is 0.579. The molecule has 0 aliphatic rings. The van der Waals surface area contributed by atoms with E-state index in [0.29, 0.717) is 19.0 Å². The minimum atomic E-state index is 0.579. The molecule has 1 aromatic heterocycles. The number of nitrogens with two attached hydrogens (primary N) is 1. The van der Waals surface area contributed by atoms with Gasteiger partial charge in [-0.15, -0.1) is 0 Å². The summed E-state index contributed by atoms with van der Waals surface area (Å²) in [4.78, 5) is 8.62. The molecule has 0 saturated carbocycles. The molecule has 1 heterocycles. The van der Waals surface area contributed by atoms with Gasteiger partial charge in [-0.3, -0.25) is 0 Å². The lowest BCUT2D eigenvalue weighted by atomic mass is 10.3. The molecule has 4 heteroatoms. The fraction of sp³-hybridized carbons (Fsp3) is 0.333. The Morgan fingerprint density at radius 3 is 2.75 bits per heavy atom. The van der Waals surface area contributed by atoms with Crippen LogP contribution in [-0.4, -0.2) is 23.1 Å². The minimum Gasteiger partial charge on any atom is -0.477 e. The molecule has 0 unspecified atom stereocenters. The summed E-state index contributed by atoms with van der Waals surface area (Å²) in [5, 5.41) is 0. The molecule has 0 saturated heterocycles. The summed E-state index contributed by atoms with van der Waals surface area (Å²) in [6.45, 7) is 1.34. The average Bonchev–Trinajstić information content (AvgIpc) is 2.34. The number of hydrogen-bond donors (Lipinski definition) is 1. The van der Waals surface area contributed by atoms with Gasteiger partial charge in [0.2, 0.25) is 5.88 Å². The Morgan fingerprint density at radius 2 is 1.94 bits per heavy atom. The number of fused-ring (bicyclic) bond motifs is 1. The zero-order valence-electron chi connectivity index (χ0n) is 9.10. The van der Waals surface area contributed by atoms with Crippen molar-refractivity contribution in [1.82, 2.24) is 9.97 Å². The van der Waals surface area contributed by atoms with Crippen molar-refractivity contribution in [3.63, 3.8) is 0 Å². The van der Waals surface area contributed by atoms with Crippen molar-refractivity contribution < 1.29 is 4.74 Å². The van der Waals surface area contributed by atoms with E-state index in [0.717, 1.165) is 23.9 Å². The molecule has 2 rings (SSSR count). The Kier molecular flexibility index (Phi) is 3.66. The Labute approximate surface area is 94.5 Å². The second-order valence-electron chi connectivity index (χ2n) is 3.54. The van der Waals surface area contributed by atoms with Gasteiger partial charge in [0.15, 0.2) is 0 Å². The molecule has 0 bridgehead atoms. The van der Waals surface area contributed by atoms with E-state index in [2.05, 4.69) is 9.97 Å². The molecule has 0 spiro atoms. The van der Waals surface area contributed by atoms with Crippen LogP contribution in [0.1, 0.15) is 12.8 Å². The van der Waals surface area contributed by atoms with Crippen molar-refractivity contribution >= 4 is 11.0 Å². The number of rotatable bonds is 5.